The maximum Gasteiger partial charge on any atom is 0.311 e. The summed E-state index contributed by atoms with van der Waals surface area (Å²) in [7, 11) is 0. The molecule has 0 amide bonds. The molecule has 1 N–H and O–H groups in total. The molecule has 1 aromatic heterocycles. The second-order valence-corrected chi connectivity index (χ2v) is 10.4. The Morgan fingerprint density at radius 2 is 2.12 bits per heavy atom. The maximum absolute atomic E-state index is 12.8. The summed E-state index contributed by atoms with van der Waals surface area (Å²) in [5, 5.41) is 3.49. The van der Waals surface area contributed by atoms with Gasteiger partial charge in [0, 0.05) is 17.8 Å². The van der Waals surface area contributed by atoms with Crippen molar-refractivity contribution in [2.45, 2.75) is 50.1 Å². The summed E-state index contributed by atoms with van der Waals surface area (Å²) in [6.45, 7) is 10.8. The van der Waals surface area contributed by atoms with Gasteiger partial charge in [0.1, 0.15) is 5.60 Å². The second kappa shape index (κ2) is 6.89. The van der Waals surface area contributed by atoms with Gasteiger partial charge in [-0.25, -0.2) is 4.98 Å². The van der Waals surface area contributed by atoms with Gasteiger partial charge in [-0.3, -0.25) is 4.79 Å². The molecule has 3 rings (SSSR count). The van der Waals surface area contributed by atoms with Crippen LogP contribution in [-0.2, 0) is 9.53 Å². The van der Waals surface area contributed by atoms with Crippen LogP contribution in [0.1, 0.15) is 34.6 Å². The standard InChI is InChI=1S/C19H26N2O2S2/c1-18(2,3)23-16(22)15-12(10-20-19(15,4)5)11-24-17-21-13-8-6-7-9-14(13)25-17/h6-9,12,15,20H,10-11H2,1-5H3/t12?,15-/m0/s1. The van der Waals surface area contributed by atoms with E-state index in [2.05, 4.69) is 30.2 Å². The third kappa shape index (κ3) is 4.36. The van der Waals surface area contributed by atoms with E-state index in [1.54, 1.807) is 23.1 Å². The number of rotatable bonds is 4. The molecule has 0 saturated carbocycles. The molecule has 6 heteroatoms. The molecule has 1 aliphatic rings. The Morgan fingerprint density at radius 3 is 2.80 bits per heavy atom. The van der Waals surface area contributed by atoms with Crippen LogP contribution in [0.3, 0.4) is 0 Å². The molecule has 0 radical (unpaired) electrons. The van der Waals surface area contributed by atoms with Crippen LogP contribution in [0.15, 0.2) is 28.6 Å². The fourth-order valence-electron chi connectivity index (χ4n) is 3.31. The number of thioether (sulfide) groups is 1. The van der Waals surface area contributed by atoms with Crippen molar-refractivity contribution < 1.29 is 9.53 Å². The van der Waals surface area contributed by atoms with E-state index in [1.807, 2.05) is 39.0 Å². The Kier molecular flexibility index (Phi) is 5.15. The molecule has 0 spiro atoms. The van der Waals surface area contributed by atoms with Gasteiger partial charge in [0.25, 0.3) is 0 Å². The first-order valence-corrected chi connectivity index (χ1v) is 10.4. The van der Waals surface area contributed by atoms with Crippen LogP contribution >= 0.6 is 23.1 Å². The van der Waals surface area contributed by atoms with E-state index in [0.717, 1.165) is 22.2 Å². The quantitative estimate of drug-likeness (QED) is 0.633. The minimum atomic E-state index is -0.458. The number of para-hydroxylation sites is 1. The number of esters is 1. The molecule has 2 atom stereocenters. The monoisotopic (exact) mass is 378 g/mol. The zero-order valence-corrected chi connectivity index (χ0v) is 17.1. The minimum absolute atomic E-state index is 0.0996. The van der Waals surface area contributed by atoms with Crippen molar-refractivity contribution in [3.05, 3.63) is 24.3 Å². The van der Waals surface area contributed by atoms with E-state index < -0.39 is 5.60 Å². The number of benzene rings is 1. The summed E-state index contributed by atoms with van der Waals surface area (Å²) >= 11 is 3.46. The van der Waals surface area contributed by atoms with Crippen LogP contribution < -0.4 is 5.32 Å². The van der Waals surface area contributed by atoms with E-state index in [1.165, 1.54) is 4.70 Å². The van der Waals surface area contributed by atoms with Crippen LogP contribution in [0.2, 0.25) is 0 Å². The smallest absolute Gasteiger partial charge is 0.311 e. The van der Waals surface area contributed by atoms with Crippen LogP contribution in [0.4, 0.5) is 0 Å². The third-order valence-electron chi connectivity index (χ3n) is 4.42. The molecular weight excluding hydrogens is 352 g/mol. The Labute approximate surface area is 157 Å². The third-order valence-corrected chi connectivity index (χ3v) is 6.79. The lowest BCUT2D eigenvalue weighted by molar-refractivity contribution is -0.162. The lowest BCUT2D eigenvalue weighted by atomic mass is 9.83. The average molecular weight is 379 g/mol. The molecule has 1 saturated heterocycles. The molecule has 4 nitrogen and oxygen atoms in total. The highest BCUT2D eigenvalue weighted by Crippen LogP contribution is 2.38. The SMILES string of the molecule is CC(C)(C)OC(=O)[C@@H]1C(CSc2nc3ccccc3s2)CNC1(C)C. The van der Waals surface area contributed by atoms with Crippen LogP contribution in [-0.4, -0.2) is 34.4 Å². The maximum atomic E-state index is 12.8. The molecule has 2 heterocycles. The molecule has 0 bridgehead atoms. The molecule has 1 aromatic carbocycles. The van der Waals surface area contributed by atoms with E-state index >= 15 is 0 Å². The molecule has 2 aromatic rings. The van der Waals surface area contributed by atoms with Crippen molar-refractivity contribution in [2.75, 3.05) is 12.3 Å². The van der Waals surface area contributed by atoms with Gasteiger partial charge in [0.05, 0.1) is 16.1 Å². The lowest BCUT2D eigenvalue weighted by Crippen LogP contribution is -2.45. The highest BCUT2D eigenvalue weighted by Gasteiger charge is 2.47. The van der Waals surface area contributed by atoms with Crippen LogP contribution in [0.25, 0.3) is 10.2 Å². The van der Waals surface area contributed by atoms with Gasteiger partial charge >= 0.3 is 5.97 Å². The van der Waals surface area contributed by atoms with Crippen molar-refractivity contribution in [2.24, 2.45) is 11.8 Å². The van der Waals surface area contributed by atoms with Crippen molar-refractivity contribution in [3.63, 3.8) is 0 Å². The van der Waals surface area contributed by atoms with Crippen molar-refractivity contribution in [1.29, 1.82) is 0 Å². The van der Waals surface area contributed by atoms with Crippen molar-refractivity contribution in [1.82, 2.24) is 10.3 Å². The zero-order valence-electron chi connectivity index (χ0n) is 15.5. The normalized spacial score (nSPS) is 23.1. The molecular formula is C19H26N2O2S2. The second-order valence-electron chi connectivity index (χ2n) is 8.13. The number of hydrogen-bond donors (Lipinski definition) is 1. The summed E-state index contributed by atoms with van der Waals surface area (Å²) in [5.74, 6) is 0.855. The van der Waals surface area contributed by atoms with Gasteiger partial charge < -0.3 is 10.1 Å². The largest absolute Gasteiger partial charge is 0.460 e. The average Bonchev–Trinajstić information content (AvgIpc) is 3.03. The Balaban J connectivity index is 1.70. The van der Waals surface area contributed by atoms with E-state index in [-0.39, 0.29) is 23.3 Å². The van der Waals surface area contributed by atoms with E-state index in [9.17, 15) is 4.79 Å². The summed E-state index contributed by atoms with van der Waals surface area (Å²) < 4.78 is 7.96. The number of ether oxygens (including phenoxy) is 1. The van der Waals surface area contributed by atoms with Gasteiger partial charge in [-0.1, -0.05) is 23.9 Å². The number of carbonyl (C=O) groups is 1. The van der Waals surface area contributed by atoms with E-state index in [4.69, 9.17) is 4.74 Å². The predicted octanol–water partition coefficient (Wildman–Crippen LogP) is 4.34. The molecule has 0 aliphatic carbocycles. The van der Waals surface area contributed by atoms with Gasteiger partial charge in [0.2, 0.25) is 0 Å². The number of hydrogen-bond acceptors (Lipinski definition) is 6. The highest BCUT2D eigenvalue weighted by atomic mass is 32.2. The topological polar surface area (TPSA) is 51.2 Å². The van der Waals surface area contributed by atoms with Gasteiger partial charge in [-0.05, 0) is 52.7 Å². The Morgan fingerprint density at radius 1 is 1.40 bits per heavy atom. The summed E-state index contributed by atoms with van der Waals surface area (Å²) in [6, 6.07) is 8.19. The number of carbonyl (C=O) groups excluding carboxylic acids is 1. The fraction of sp³-hybridized carbons (Fsp3) is 0.579. The first-order valence-electron chi connectivity index (χ1n) is 8.62. The highest BCUT2D eigenvalue weighted by molar-refractivity contribution is 8.01. The molecule has 1 unspecified atom stereocenters. The van der Waals surface area contributed by atoms with Crippen molar-refractivity contribution in [3.8, 4) is 0 Å². The Hall–Kier alpha value is -1.11. The molecule has 1 aliphatic heterocycles. The summed E-state index contributed by atoms with van der Waals surface area (Å²) in [6.07, 6.45) is 0. The van der Waals surface area contributed by atoms with Crippen LogP contribution in [0.5, 0.6) is 0 Å². The number of nitrogens with one attached hydrogen (secondary N) is 1. The van der Waals surface area contributed by atoms with E-state index in [0.29, 0.717) is 0 Å². The van der Waals surface area contributed by atoms with Gasteiger partial charge in [-0.15, -0.1) is 11.3 Å². The summed E-state index contributed by atoms with van der Waals surface area (Å²) in [5.41, 5.74) is 0.338. The zero-order chi connectivity index (χ0) is 18.2. The van der Waals surface area contributed by atoms with Gasteiger partial charge in [0.15, 0.2) is 4.34 Å². The first kappa shape index (κ1) is 18.7. The minimum Gasteiger partial charge on any atom is -0.460 e. The number of aromatic nitrogens is 1. The predicted molar refractivity (Wildman–Crippen MR) is 105 cm³/mol. The van der Waals surface area contributed by atoms with Crippen LogP contribution in [0, 0.1) is 11.8 Å². The first-order chi connectivity index (χ1) is 11.7. The fourth-order valence-corrected chi connectivity index (χ4v) is 5.55. The number of fused-ring (bicyclic) bond motifs is 1. The number of thiazole rings is 1. The molecule has 136 valence electrons. The molecule has 1 fully saturated rings. The molecule has 25 heavy (non-hydrogen) atoms. The van der Waals surface area contributed by atoms with Crippen molar-refractivity contribution >= 4 is 39.3 Å². The summed E-state index contributed by atoms with van der Waals surface area (Å²) in [4.78, 5) is 17.4. The Bertz CT molecular complexity index is 731. The lowest BCUT2D eigenvalue weighted by Gasteiger charge is -2.31. The number of nitrogens with zero attached hydrogens (tertiary/aromatic N) is 1. The van der Waals surface area contributed by atoms with Gasteiger partial charge in [-0.2, -0.15) is 0 Å².